The molecule has 1 unspecified atom stereocenters. The second-order valence-corrected chi connectivity index (χ2v) is 7.82. The number of rotatable bonds is 8. The molecular formula is C19H25N7OS. The SMILES string of the molecule is COCCn1nnnc1C(c1cccs1)N1CCN(Cc2cccnc2)CC1. The number of methoxy groups -OCH3 is 1. The Hall–Kier alpha value is -2.20. The summed E-state index contributed by atoms with van der Waals surface area (Å²) in [5, 5.41) is 14.6. The van der Waals surface area contributed by atoms with Crippen molar-refractivity contribution >= 4 is 11.3 Å². The minimum absolute atomic E-state index is 0.0763. The molecule has 8 nitrogen and oxygen atoms in total. The zero-order chi connectivity index (χ0) is 19.2. The Morgan fingerprint density at radius 2 is 2.07 bits per heavy atom. The maximum absolute atomic E-state index is 5.22. The Morgan fingerprint density at radius 3 is 2.79 bits per heavy atom. The molecule has 0 saturated carbocycles. The fraction of sp³-hybridized carbons (Fsp3) is 0.474. The van der Waals surface area contributed by atoms with Gasteiger partial charge in [-0.2, -0.15) is 0 Å². The number of aromatic nitrogens is 5. The van der Waals surface area contributed by atoms with Gasteiger partial charge in [0.1, 0.15) is 6.04 Å². The van der Waals surface area contributed by atoms with Gasteiger partial charge in [-0.15, -0.1) is 16.4 Å². The Morgan fingerprint density at radius 1 is 1.18 bits per heavy atom. The molecule has 0 radical (unpaired) electrons. The quantitative estimate of drug-likeness (QED) is 0.571. The average molecular weight is 400 g/mol. The maximum Gasteiger partial charge on any atom is 0.173 e. The van der Waals surface area contributed by atoms with Crippen LogP contribution in [0, 0.1) is 0 Å². The molecule has 3 aromatic rings. The molecule has 9 heteroatoms. The molecule has 0 bridgehead atoms. The number of nitrogens with zero attached hydrogens (tertiary/aromatic N) is 7. The van der Waals surface area contributed by atoms with E-state index in [-0.39, 0.29) is 6.04 Å². The summed E-state index contributed by atoms with van der Waals surface area (Å²) < 4.78 is 7.09. The lowest BCUT2D eigenvalue weighted by Crippen LogP contribution is -2.47. The van der Waals surface area contributed by atoms with Crippen molar-refractivity contribution in [3.8, 4) is 0 Å². The standard InChI is InChI=1S/C19H25N7OS/c1-27-12-11-26-19(21-22-23-26)18(17-5-3-13-28-17)25-9-7-24(8-10-25)15-16-4-2-6-20-14-16/h2-6,13-14,18H,7-12,15H2,1H3. The van der Waals surface area contributed by atoms with Crippen LogP contribution in [-0.4, -0.2) is 74.9 Å². The highest BCUT2D eigenvalue weighted by Crippen LogP contribution is 2.31. The maximum atomic E-state index is 5.22. The van der Waals surface area contributed by atoms with E-state index in [9.17, 15) is 0 Å². The van der Waals surface area contributed by atoms with Crippen LogP contribution in [-0.2, 0) is 17.8 Å². The van der Waals surface area contributed by atoms with E-state index in [0.717, 1.165) is 38.5 Å². The third kappa shape index (κ3) is 4.44. The summed E-state index contributed by atoms with van der Waals surface area (Å²) in [7, 11) is 1.70. The van der Waals surface area contributed by atoms with Crippen molar-refractivity contribution in [1.29, 1.82) is 0 Å². The average Bonchev–Trinajstić information content (AvgIpc) is 3.42. The molecule has 4 rings (SSSR count). The van der Waals surface area contributed by atoms with E-state index in [2.05, 4.69) is 53.9 Å². The summed E-state index contributed by atoms with van der Waals surface area (Å²) in [6, 6.07) is 8.48. The zero-order valence-electron chi connectivity index (χ0n) is 16.0. The lowest BCUT2D eigenvalue weighted by atomic mass is 10.1. The first-order chi connectivity index (χ1) is 13.8. The van der Waals surface area contributed by atoms with Crippen LogP contribution < -0.4 is 0 Å². The lowest BCUT2D eigenvalue weighted by molar-refractivity contribution is 0.0999. The van der Waals surface area contributed by atoms with E-state index in [1.807, 2.05) is 23.1 Å². The fourth-order valence-corrected chi connectivity index (χ4v) is 4.45. The first-order valence-electron chi connectivity index (χ1n) is 9.49. The Bertz CT molecular complexity index is 831. The molecule has 3 aromatic heterocycles. The van der Waals surface area contributed by atoms with Gasteiger partial charge in [0.05, 0.1) is 13.2 Å². The number of thiophene rings is 1. The number of pyridine rings is 1. The summed E-state index contributed by atoms with van der Waals surface area (Å²) >= 11 is 1.76. The van der Waals surface area contributed by atoms with Crippen LogP contribution in [0.15, 0.2) is 42.0 Å². The number of piperazine rings is 1. The fourth-order valence-electron chi connectivity index (χ4n) is 3.59. The summed E-state index contributed by atoms with van der Waals surface area (Å²) in [5.41, 5.74) is 1.26. The van der Waals surface area contributed by atoms with Gasteiger partial charge in [-0.25, -0.2) is 4.68 Å². The second kappa shape index (κ2) is 9.33. The Kier molecular flexibility index (Phi) is 6.38. The van der Waals surface area contributed by atoms with Gasteiger partial charge >= 0.3 is 0 Å². The van der Waals surface area contributed by atoms with Crippen molar-refractivity contribution < 1.29 is 4.74 Å². The highest BCUT2D eigenvalue weighted by molar-refractivity contribution is 7.10. The van der Waals surface area contributed by atoms with Gasteiger partial charge in [0, 0.05) is 57.1 Å². The molecule has 0 spiro atoms. The minimum Gasteiger partial charge on any atom is -0.383 e. The third-order valence-corrected chi connectivity index (χ3v) is 5.95. The topological polar surface area (TPSA) is 72.2 Å². The van der Waals surface area contributed by atoms with Gasteiger partial charge < -0.3 is 4.74 Å². The van der Waals surface area contributed by atoms with Crippen LogP contribution in [0.4, 0.5) is 0 Å². The third-order valence-electron chi connectivity index (χ3n) is 5.03. The van der Waals surface area contributed by atoms with Crippen molar-refractivity contribution in [2.45, 2.75) is 19.1 Å². The molecule has 148 valence electrons. The molecule has 28 heavy (non-hydrogen) atoms. The first-order valence-corrected chi connectivity index (χ1v) is 10.4. The smallest absolute Gasteiger partial charge is 0.173 e. The van der Waals surface area contributed by atoms with Crippen molar-refractivity contribution in [3.05, 3.63) is 58.3 Å². The molecular weight excluding hydrogens is 374 g/mol. The summed E-state index contributed by atoms with van der Waals surface area (Å²) in [5.74, 6) is 0.889. The van der Waals surface area contributed by atoms with Gasteiger partial charge in [0.25, 0.3) is 0 Å². The molecule has 1 aliphatic heterocycles. The molecule has 0 N–H and O–H groups in total. The summed E-state index contributed by atoms with van der Waals surface area (Å²) in [6.45, 7) is 6.15. The van der Waals surface area contributed by atoms with Crippen LogP contribution in [0.1, 0.15) is 22.3 Å². The molecule has 1 fully saturated rings. The molecule has 4 heterocycles. The molecule has 1 saturated heterocycles. The second-order valence-electron chi connectivity index (χ2n) is 6.84. The van der Waals surface area contributed by atoms with Crippen molar-refractivity contribution in [2.24, 2.45) is 0 Å². The zero-order valence-corrected chi connectivity index (χ0v) is 16.8. The van der Waals surface area contributed by atoms with Gasteiger partial charge in [-0.3, -0.25) is 14.8 Å². The molecule has 0 aromatic carbocycles. The van der Waals surface area contributed by atoms with Crippen molar-refractivity contribution in [1.82, 2.24) is 35.0 Å². The van der Waals surface area contributed by atoms with E-state index in [4.69, 9.17) is 4.74 Å². The molecule has 0 aliphatic carbocycles. The van der Waals surface area contributed by atoms with Crippen molar-refractivity contribution in [3.63, 3.8) is 0 Å². The van der Waals surface area contributed by atoms with Crippen LogP contribution in [0.2, 0.25) is 0 Å². The largest absolute Gasteiger partial charge is 0.383 e. The van der Waals surface area contributed by atoms with Gasteiger partial charge in [0.15, 0.2) is 5.82 Å². The number of hydrogen-bond acceptors (Lipinski definition) is 8. The number of hydrogen-bond donors (Lipinski definition) is 0. The predicted molar refractivity (Wildman–Crippen MR) is 107 cm³/mol. The lowest BCUT2D eigenvalue weighted by Gasteiger charge is -2.38. The van der Waals surface area contributed by atoms with Crippen LogP contribution in [0.5, 0.6) is 0 Å². The number of ether oxygens (including phenoxy) is 1. The van der Waals surface area contributed by atoms with Crippen LogP contribution in [0.25, 0.3) is 0 Å². The van der Waals surface area contributed by atoms with Gasteiger partial charge in [-0.05, 0) is 33.5 Å². The molecule has 0 amide bonds. The highest BCUT2D eigenvalue weighted by atomic mass is 32.1. The normalized spacial score (nSPS) is 17.0. The number of tetrazole rings is 1. The van der Waals surface area contributed by atoms with E-state index >= 15 is 0 Å². The Labute approximate surface area is 168 Å². The van der Waals surface area contributed by atoms with E-state index in [1.165, 1.54) is 10.4 Å². The summed E-state index contributed by atoms with van der Waals surface area (Å²) in [4.78, 5) is 10.5. The first kappa shape index (κ1) is 19.1. The van der Waals surface area contributed by atoms with E-state index in [1.54, 1.807) is 18.4 Å². The summed E-state index contributed by atoms with van der Waals surface area (Å²) in [6.07, 6.45) is 3.77. The predicted octanol–water partition coefficient (Wildman–Crippen LogP) is 1.68. The molecule has 1 atom stereocenters. The monoisotopic (exact) mass is 399 g/mol. The Balaban J connectivity index is 1.47. The highest BCUT2D eigenvalue weighted by Gasteiger charge is 2.31. The van der Waals surface area contributed by atoms with Crippen LogP contribution in [0.3, 0.4) is 0 Å². The van der Waals surface area contributed by atoms with E-state index < -0.39 is 0 Å². The van der Waals surface area contributed by atoms with Gasteiger partial charge in [0.2, 0.25) is 0 Å². The van der Waals surface area contributed by atoms with E-state index in [0.29, 0.717) is 13.2 Å². The van der Waals surface area contributed by atoms with Crippen LogP contribution >= 0.6 is 11.3 Å². The van der Waals surface area contributed by atoms with Crippen molar-refractivity contribution in [2.75, 3.05) is 39.9 Å². The molecule has 1 aliphatic rings. The minimum atomic E-state index is 0.0763. The van der Waals surface area contributed by atoms with Gasteiger partial charge in [-0.1, -0.05) is 12.1 Å².